The lowest BCUT2D eigenvalue weighted by molar-refractivity contribution is 0.0447. The smallest absolute Gasteiger partial charge is 0.123 e. The number of nitrogens with one attached hydrogen (secondary N) is 1. The lowest BCUT2D eigenvalue weighted by Crippen LogP contribution is -2.60. The van der Waals surface area contributed by atoms with Crippen molar-refractivity contribution in [2.24, 2.45) is 0 Å². The van der Waals surface area contributed by atoms with Crippen molar-refractivity contribution in [2.75, 3.05) is 19.6 Å². The second-order valence-corrected chi connectivity index (χ2v) is 5.16. The van der Waals surface area contributed by atoms with E-state index < -0.39 is 0 Å². The van der Waals surface area contributed by atoms with Crippen LogP contribution in [0.4, 0.5) is 4.39 Å². The average molecular weight is 250 g/mol. The molecule has 1 aromatic carbocycles. The molecule has 100 valence electrons. The van der Waals surface area contributed by atoms with Crippen LogP contribution in [-0.2, 0) is 6.54 Å². The van der Waals surface area contributed by atoms with Gasteiger partial charge in [-0.25, -0.2) is 4.39 Å². The minimum absolute atomic E-state index is 0.138. The number of hydrogen-bond donors (Lipinski definition) is 1. The third-order valence-electron chi connectivity index (χ3n) is 4.26. The second kappa shape index (κ2) is 5.81. The van der Waals surface area contributed by atoms with Crippen molar-refractivity contribution in [1.82, 2.24) is 10.2 Å². The second-order valence-electron chi connectivity index (χ2n) is 5.16. The van der Waals surface area contributed by atoms with Gasteiger partial charge >= 0.3 is 0 Å². The number of benzene rings is 1. The van der Waals surface area contributed by atoms with Crippen LogP contribution in [0.2, 0.25) is 0 Å². The summed E-state index contributed by atoms with van der Waals surface area (Å²) in [7, 11) is 0. The van der Waals surface area contributed by atoms with E-state index in [1.54, 1.807) is 12.1 Å². The minimum atomic E-state index is -0.138. The summed E-state index contributed by atoms with van der Waals surface area (Å²) in [6.07, 6.45) is 2.26. The summed E-state index contributed by atoms with van der Waals surface area (Å²) in [4.78, 5) is 2.51. The van der Waals surface area contributed by atoms with Gasteiger partial charge in [-0.1, -0.05) is 26.0 Å². The number of halogens is 1. The lowest BCUT2D eigenvalue weighted by Gasteiger charge is -2.47. The summed E-state index contributed by atoms with van der Waals surface area (Å²) >= 11 is 0. The molecule has 18 heavy (non-hydrogen) atoms. The minimum Gasteiger partial charge on any atom is -0.314 e. The van der Waals surface area contributed by atoms with Gasteiger partial charge in [-0.2, -0.15) is 0 Å². The molecule has 0 bridgehead atoms. The maximum Gasteiger partial charge on any atom is 0.123 e. The zero-order valence-electron chi connectivity index (χ0n) is 11.4. The highest BCUT2D eigenvalue weighted by atomic mass is 19.1. The van der Waals surface area contributed by atoms with Crippen molar-refractivity contribution in [3.05, 3.63) is 35.6 Å². The first-order valence-corrected chi connectivity index (χ1v) is 6.90. The van der Waals surface area contributed by atoms with Gasteiger partial charge in [0.05, 0.1) is 0 Å². The highest BCUT2D eigenvalue weighted by molar-refractivity contribution is 5.17. The van der Waals surface area contributed by atoms with Crippen LogP contribution in [-0.4, -0.2) is 30.1 Å². The Morgan fingerprint density at radius 2 is 2.11 bits per heavy atom. The molecule has 1 heterocycles. The fourth-order valence-electron chi connectivity index (χ4n) is 2.93. The van der Waals surface area contributed by atoms with Gasteiger partial charge in [-0.15, -0.1) is 0 Å². The molecule has 2 nitrogen and oxygen atoms in total. The highest BCUT2D eigenvalue weighted by Gasteiger charge is 2.35. The molecule has 1 aromatic rings. The average Bonchev–Trinajstić information content (AvgIpc) is 2.40. The summed E-state index contributed by atoms with van der Waals surface area (Å²) in [5.41, 5.74) is 1.30. The molecule has 0 aliphatic carbocycles. The summed E-state index contributed by atoms with van der Waals surface area (Å²) in [6, 6.07) is 6.97. The van der Waals surface area contributed by atoms with E-state index in [1.165, 1.54) is 6.07 Å². The molecular formula is C15H23FN2. The molecule has 0 radical (unpaired) electrons. The Hall–Kier alpha value is -0.930. The summed E-state index contributed by atoms with van der Waals surface area (Å²) in [5.74, 6) is -0.138. The van der Waals surface area contributed by atoms with Gasteiger partial charge in [0, 0.05) is 31.7 Å². The molecule has 3 heteroatoms. The zero-order chi connectivity index (χ0) is 13.0. The largest absolute Gasteiger partial charge is 0.314 e. The van der Waals surface area contributed by atoms with Crippen LogP contribution in [0.3, 0.4) is 0 Å². The number of nitrogens with zero attached hydrogens (tertiary/aromatic N) is 1. The Morgan fingerprint density at radius 1 is 1.33 bits per heavy atom. The summed E-state index contributed by atoms with van der Waals surface area (Å²) < 4.78 is 13.2. The molecule has 1 aliphatic rings. The molecule has 1 saturated heterocycles. The molecular weight excluding hydrogens is 227 g/mol. The van der Waals surface area contributed by atoms with E-state index in [1.807, 2.05) is 6.07 Å². The van der Waals surface area contributed by atoms with Crippen LogP contribution < -0.4 is 5.32 Å². The third-order valence-corrected chi connectivity index (χ3v) is 4.26. The standard InChI is InChI=1S/C15H23FN2/c1-3-15(4-2)12-17-8-9-18(15)11-13-6-5-7-14(16)10-13/h5-7,10,17H,3-4,8-9,11-12H2,1-2H3. The van der Waals surface area contributed by atoms with Crippen molar-refractivity contribution in [3.63, 3.8) is 0 Å². The fraction of sp³-hybridized carbons (Fsp3) is 0.600. The number of piperazine rings is 1. The fourth-order valence-corrected chi connectivity index (χ4v) is 2.93. The van der Waals surface area contributed by atoms with E-state index in [-0.39, 0.29) is 11.4 Å². The number of hydrogen-bond acceptors (Lipinski definition) is 2. The number of rotatable bonds is 4. The predicted molar refractivity (Wildman–Crippen MR) is 73.0 cm³/mol. The van der Waals surface area contributed by atoms with Crippen molar-refractivity contribution in [2.45, 2.75) is 38.8 Å². The van der Waals surface area contributed by atoms with Crippen LogP contribution in [0.1, 0.15) is 32.3 Å². The van der Waals surface area contributed by atoms with Crippen LogP contribution >= 0.6 is 0 Å². The molecule has 0 spiro atoms. The van der Waals surface area contributed by atoms with E-state index in [0.717, 1.165) is 44.6 Å². The van der Waals surface area contributed by atoms with Gasteiger partial charge in [-0.05, 0) is 30.5 Å². The highest BCUT2D eigenvalue weighted by Crippen LogP contribution is 2.27. The van der Waals surface area contributed by atoms with Crippen LogP contribution in [0.25, 0.3) is 0 Å². The maximum atomic E-state index is 13.2. The Labute approximate surface area is 109 Å². The van der Waals surface area contributed by atoms with Gasteiger partial charge in [0.15, 0.2) is 0 Å². The van der Waals surface area contributed by atoms with Crippen LogP contribution in [0, 0.1) is 5.82 Å². The monoisotopic (exact) mass is 250 g/mol. The SMILES string of the molecule is CCC1(CC)CNCCN1Cc1cccc(F)c1. The lowest BCUT2D eigenvalue weighted by atomic mass is 9.88. The van der Waals surface area contributed by atoms with Crippen LogP contribution in [0.5, 0.6) is 0 Å². The van der Waals surface area contributed by atoms with Crippen molar-refractivity contribution in [3.8, 4) is 0 Å². The van der Waals surface area contributed by atoms with Gasteiger partial charge in [-0.3, -0.25) is 4.90 Å². The first-order valence-electron chi connectivity index (χ1n) is 6.90. The third kappa shape index (κ3) is 2.73. The van der Waals surface area contributed by atoms with Crippen molar-refractivity contribution in [1.29, 1.82) is 0 Å². The molecule has 0 unspecified atom stereocenters. The van der Waals surface area contributed by atoms with Gasteiger partial charge in [0.2, 0.25) is 0 Å². The Morgan fingerprint density at radius 3 is 2.78 bits per heavy atom. The van der Waals surface area contributed by atoms with Gasteiger partial charge in [0.25, 0.3) is 0 Å². The van der Waals surface area contributed by atoms with Gasteiger partial charge < -0.3 is 5.32 Å². The molecule has 0 amide bonds. The molecule has 0 saturated carbocycles. The molecule has 0 aromatic heterocycles. The first-order chi connectivity index (χ1) is 8.70. The quantitative estimate of drug-likeness (QED) is 0.884. The molecule has 1 N–H and O–H groups in total. The van der Waals surface area contributed by atoms with Crippen molar-refractivity contribution < 1.29 is 4.39 Å². The maximum absolute atomic E-state index is 13.2. The zero-order valence-corrected chi connectivity index (χ0v) is 11.4. The van der Waals surface area contributed by atoms with E-state index in [0.29, 0.717) is 0 Å². The van der Waals surface area contributed by atoms with Crippen molar-refractivity contribution >= 4 is 0 Å². The normalized spacial score (nSPS) is 19.9. The molecule has 1 aliphatic heterocycles. The van der Waals surface area contributed by atoms with Gasteiger partial charge in [0.1, 0.15) is 5.82 Å². The van der Waals surface area contributed by atoms with E-state index in [4.69, 9.17) is 0 Å². The van der Waals surface area contributed by atoms with Crippen LogP contribution in [0.15, 0.2) is 24.3 Å². The Balaban J connectivity index is 2.15. The first kappa shape index (κ1) is 13.5. The summed E-state index contributed by atoms with van der Waals surface area (Å²) in [6.45, 7) is 8.44. The molecule has 0 atom stereocenters. The van der Waals surface area contributed by atoms with E-state index >= 15 is 0 Å². The molecule has 2 rings (SSSR count). The van der Waals surface area contributed by atoms with E-state index in [9.17, 15) is 4.39 Å². The predicted octanol–water partition coefficient (Wildman–Crippen LogP) is 2.79. The Bertz CT molecular complexity index is 388. The summed E-state index contributed by atoms with van der Waals surface area (Å²) in [5, 5.41) is 3.49. The Kier molecular flexibility index (Phi) is 4.36. The topological polar surface area (TPSA) is 15.3 Å². The van der Waals surface area contributed by atoms with E-state index in [2.05, 4.69) is 24.1 Å². The molecule has 1 fully saturated rings.